The summed E-state index contributed by atoms with van der Waals surface area (Å²) in [6.07, 6.45) is 3.37. The number of esters is 1. The Kier molecular flexibility index (Phi) is 5.49. The first-order valence-corrected chi connectivity index (χ1v) is 8.91. The Bertz CT molecular complexity index is 1140. The third-order valence-electron chi connectivity index (χ3n) is 4.52. The third kappa shape index (κ3) is 3.62. The molecule has 0 aliphatic heterocycles. The lowest BCUT2D eigenvalue weighted by Gasteiger charge is -2.08. The summed E-state index contributed by atoms with van der Waals surface area (Å²) in [5, 5.41) is 10.5. The highest BCUT2D eigenvalue weighted by molar-refractivity contribution is 6.04. The van der Waals surface area contributed by atoms with Gasteiger partial charge in [0.15, 0.2) is 0 Å². The molecule has 0 atom stereocenters. The molecular formula is C22H22N2O4. The minimum Gasteiger partial charge on any atom is -0.478 e. The Morgan fingerprint density at radius 3 is 2.29 bits per heavy atom. The molecule has 4 aromatic rings. The van der Waals surface area contributed by atoms with E-state index in [1.165, 1.54) is 13.3 Å². The average Bonchev–Trinajstić information content (AvgIpc) is 3.30. The Hall–Kier alpha value is -3.54. The first kappa shape index (κ1) is 19.2. The van der Waals surface area contributed by atoms with Crippen LogP contribution in [0, 0.1) is 0 Å². The zero-order valence-corrected chi connectivity index (χ0v) is 16.0. The molecule has 2 heterocycles. The van der Waals surface area contributed by atoms with Gasteiger partial charge in [0.05, 0.1) is 18.2 Å². The van der Waals surface area contributed by atoms with Crippen LogP contribution in [0.2, 0.25) is 0 Å². The van der Waals surface area contributed by atoms with Crippen LogP contribution in [-0.4, -0.2) is 33.7 Å². The largest absolute Gasteiger partial charge is 0.478 e. The van der Waals surface area contributed by atoms with Gasteiger partial charge in [0.1, 0.15) is 0 Å². The molecule has 0 unspecified atom stereocenters. The molecule has 144 valence electrons. The normalized spacial score (nSPS) is 10.7. The van der Waals surface area contributed by atoms with E-state index in [9.17, 15) is 9.59 Å². The van der Waals surface area contributed by atoms with Crippen LogP contribution < -0.4 is 0 Å². The highest BCUT2D eigenvalue weighted by Crippen LogP contribution is 2.25. The predicted molar refractivity (Wildman–Crippen MR) is 109 cm³/mol. The maximum atomic E-state index is 11.6. The maximum absolute atomic E-state index is 11.6. The van der Waals surface area contributed by atoms with Gasteiger partial charge in [-0.3, -0.25) is 0 Å². The zero-order chi connectivity index (χ0) is 20.3. The van der Waals surface area contributed by atoms with Crippen molar-refractivity contribution in [3.63, 3.8) is 0 Å². The Balaban J connectivity index is 0.000000167. The van der Waals surface area contributed by atoms with Crippen molar-refractivity contribution in [2.75, 3.05) is 7.11 Å². The van der Waals surface area contributed by atoms with Crippen LogP contribution in [0.15, 0.2) is 60.9 Å². The number of carbonyl (C=O) groups excluding carboxylic acids is 1. The van der Waals surface area contributed by atoms with Gasteiger partial charge in [-0.15, -0.1) is 0 Å². The number of aromatic amines is 1. The Morgan fingerprint density at radius 1 is 1.00 bits per heavy atom. The molecule has 0 aliphatic carbocycles. The van der Waals surface area contributed by atoms with Crippen molar-refractivity contribution in [2.24, 2.45) is 0 Å². The first-order chi connectivity index (χ1) is 13.4. The van der Waals surface area contributed by atoms with Gasteiger partial charge >= 0.3 is 11.9 Å². The number of rotatable bonds is 3. The SMILES string of the molecule is COC(=O)c1cn(C(C)C)c2ccccc12.O=C(O)c1c[nH]c2ccccc12. The van der Waals surface area contributed by atoms with Gasteiger partial charge < -0.3 is 19.4 Å². The van der Waals surface area contributed by atoms with E-state index >= 15 is 0 Å². The number of benzene rings is 2. The molecule has 0 amide bonds. The van der Waals surface area contributed by atoms with E-state index in [-0.39, 0.29) is 5.97 Å². The minimum absolute atomic E-state index is 0.282. The van der Waals surface area contributed by atoms with Crippen LogP contribution in [0.25, 0.3) is 21.8 Å². The molecule has 0 radical (unpaired) electrons. The van der Waals surface area contributed by atoms with Crippen molar-refractivity contribution in [2.45, 2.75) is 19.9 Å². The number of H-pyrrole nitrogens is 1. The lowest BCUT2D eigenvalue weighted by Crippen LogP contribution is -2.01. The fourth-order valence-corrected chi connectivity index (χ4v) is 3.15. The van der Waals surface area contributed by atoms with E-state index in [0.29, 0.717) is 17.2 Å². The second kappa shape index (κ2) is 8.00. The smallest absolute Gasteiger partial charge is 0.340 e. The number of nitrogens with one attached hydrogen (secondary N) is 1. The summed E-state index contributed by atoms with van der Waals surface area (Å²) in [6, 6.07) is 15.5. The molecule has 28 heavy (non-hydrogen) atoms. The van der Waals surface area contributed by atoms with E-state index in [2.05, 4.69) is 23.4 Å². The molecule has 2 aromatic carbocycles. The number of hydrogen-bond donors (Lipinski definition) is 2. The van der Waals surface area contributed by atoms with Gasteiger partial charge in [-0.05, 0) is 26.0 Å². The molecule has 4 rings (SSSR count). The van der Waals surface area contributed by atoms with Crippen LogP contribution in [-0.2, 0) is 4.74 Å². The van der Waals surface area contributed by atoms with E-state index in [1.54, 1.807) is 6.07 Å². The fraction of sp³-hybridized carbons (Fsp3) is 0.182. The molecule has 6 nitrogen and oxygen atoms in total. The molecule has 2 aromatic heterocycles. The summed E-state index contributed by atoms with van der Waals surface area (Å²) in [5.74, 6) is -1.18. The van der Waals surface area contributed by atoms with Crippen LogP contribution in [0.4, 0.5) is 0 Å². The van der Waals surface area contributed by atoms with Crippen molar-refractivity contribution in [3.05, 3.63) is 72.1 Å². The van der Waals surface area contributed by atoms with Gasteiger partial charge in [0, 0.05) is 40.2 Å². The first-order valence-electron chi connectivity index (χ1n) is 8.91. The number of aromatic carboxylic acids is 1. The van der Waals surface area contributed by atoms with Crippen LogP contribution in [0.5, 0.6) is 0 Å². The lowest BCUT2D eigenvalue weighted by atomic mass is 10.2. The molecule has 6 heteroatoms. The molecule has 0 saturated heterocycles. The van der Waals surface area contributed by atoms with Crippen LogP contribution >= 0.6 is 0 Å². The van der Waals surface area contributed by atoms with Crippen LogP contribution in [0.1, 0.15) is 40.6 Å². The number of aromatic nitrogens is 2. The van der Waals surface area contributed by atoms with E-state index in [1.807, 2.05) is 48.7 Å². The number of methoxy groups -OCH3 is 1. The number of fused-ring (bicyclic) bond motifs is 2. The van der Waals surface area contributed by atoms with Gasteiger partial charge in [0.25, 0.3) is 0 Å². The topological polar surface area (TPSA) is 84.3 Å². The molecule has 0 bridgehead atoms. The van der Waals surface area contributed by atoms with Crippen molar-refractivity contribution in [3.8, 4) is 0 Å². The number of ether oxygens (including phenoxy) is 1. The summed E-state index contributed by atoms with van der Waals surface area (Å²) < 4.78 is 6.87. The van der Waals surface area contributed by atoms with Gasteiger partial charge in [-0.25, -0.2) is 9.59 Å². The van der Waals surface area contributed by atoms with Gasteiger partial charge in [0.2, 0.25) is 0 Å². The fourth-order valence-electron chi connectivity index (χ4n) is 3.15. The van der Waals surface area contributed by atoms with Crippen molar-refractivity contribution >= 4 is 33.7 Å². The number of nitrogens with zero attached hydrogens (tertiary/aromatic N) is 1. The van der Waals surface area contributed by atoms with Crippen molar-refractivity contribution in [1.29, 1.82) is 0 Å². The zero-order valence-electron chi connectivity index (χ0n) is 16.0. The monoisotopic (exact) mass is 378 g/mol. The second-order valence-electron chi connectivity index (χ2n) is 6.61. The van der Waals surface area contributed by atoms with E-state index in [0.717, 1.165) is 21.8 Å². The summed E-state index contributed by atoms with van der Waals surface area (Å²) in [5.41, 5.74) is 2.88. The number of carboxylic acid groups (broad SMARTS) is 1. The maximum Gasteiger partial charge on any atom is 0.340 e. The molecule has 0 saturated carbocycles. The summed E-state index contributed by atoms with van der Waals surface area (Å²) in [4.78, 5) is 25.2. The molecule has 0 aliphatic rings. The number of carboxylic acids is 1. The van der Waals surface area contributed by atoms with E-state index in [4.69, 9.17) is 9.84 Å². The number of carbonyl (C=O) groups is 2. The summed E-state index contributed by atoms with van der Waals surface area (Å²) in [7, 11) is 1.41. The van der Waals surface area contributed by atoms with E-state index < -0.39 is 5.97 Å². The molecule has 0 spiro atoms. The van der Waals surface area contributed by atoms with Crippen molar-refractivity contribution < 1.29 is 19.4 Å². The number of para-hydroxylation sites is 2. The lowest BCUT2D eigenvalue weighted by molar-refractivity contribution is 0.0601. The van der Waals surface area contributed by atoms with Gasteiger partial charge in [-0.2, -0.15) is 0 Å². The van der Waals surface area contributed by atoms with Crippen molar-refractivity contribution in [1.82, 2.24) is 9.55 Å². The summed E-state index contributed by atoms with van der Waals surface area (Å²) >= 11 is 0. The van der Waals surface area contributed by atoms with Gasteiger partial charge in [-0.1, -0.05) is 36.4 Å². The Labute approximate surface area is 162 Å². The molecule has 2 N–H and O–H groups in total. The van der Waals surface area contributed by atoms with Crippen LogP contribution in [0.3, 0.4) is 0 Å². The highest BCUT2D eigenvalue weighted by Gasteiger charge is 2.15. The summed E-state index contributed by atoms with van der Waals surface area (Å²) in [6.45, 7) is 4.18. The minimum atomic E-state index is -0.896. The third-order valence-corrected chi connectivity index (χ3v) is 4.52. The molecule has 0 fully saturated rings. The molecular weight excluding hydrogens is 356 g/mol. The average molecular weight is 378 g/mol. The highest BCUT2D eigenvalue weighted by atomic mass is 16.5. The number of hydrogen-bond acceptors (Lipinski definition) is 3. The Morgan fingerprint density at radius 2 is 1.64 bits per heavy atom. The predicted octanol–water partition coefficient (Wildman–Crippen LogP) is 4.87. The standard InChI is InChI=1S/C13H15NO2.C9H7NO2/c1-9(2)14-8-11(13(15)16-3)10-6-4-5-7-12(10)14;11-9(12)7-5-10-8-4-2-1-3-6(7)8/h4-9H,1-3H3;1-5,10H,(H,11,12). The quantitative estimate of drug-likeness (QED) is 0.498. The second-order valence-corrected chi connectivity index (χ2v) is 6.61.